The van der Waals surface area contributed by atoms with Gasteiger partial charge >= 0.3 is 0 Å². The van der Waals surface area contributed by atoms with E-state index in [4.69, 9.17) is 16.0 Å². The summed E-state index contributed by atoms with van der Waals surface area (Å²) in [7, 11) is -3.56. The standard InChI is InChI=1S/C10H14N2O4S/c1-17(15,16)9(6-13)10(12-14)7-2-4-8(11)5-3-7/h2-5,9,13-14H,6,11H2,1H3/b12-10-/t9-/m1/s1. The van der Waals surface area contributed by atoms with E-state index in [9.17, 15) is 8.42 Å². The molecule has 0 aliphatic rings. The highest BCUT2D eigenvalue weighted by atomic mass is 32.2. The van der Waals surface area contributed by atoms with E-state index in [1.54, 1.807) is 12.1 Å². The van der Waals surface area contributed by atoms with E-state index < -0.39 is 21.7 Å². The Morgan fingerprint density at radius 3 is 2.29 bits per heavy atom. The maximum atomic E-state index is 11.4. The van der Waals surface area contributed by atoms with Crippen LogP contribution in [0.15, 0.2) is 29.4 Å². The van der Waals surface area contributed by atoms with Crippen LogP contribution in [0.1, 0.15) is 5.56 Å². The summed E-state index contributed by atoms with van der Waals surface area (Å²) in [6.07, 6.45) is 0.969. The van der Waals surface area contributed by atoms with E-state index in [0.29, 0.717) is 11.3 Å². The van der Waals surface area contributed by atoms with Crippen molar-refractivity contribution in [3.63, 3.8) is 0 Å². The Bertz CT molecular complexity index is 508. The number of anilines is 1. The molecule has 0 aliphatic carbocycles. The largest absolute Gasteiger partial charge is 0.411 e. The summed E-state index contributed by atoms with van der Waals surface area (Å²) in [5.74, 6) is 0. The molecule has 17 heavy (non-hydrogen) atoms. The number of oxime groups is 1. The third kappa shape index (κ3) is 3.18. The SMILES string of the molecule is CS(=O)(=O)[C@H](CO)/C(=N\O)c1ccc(N)cc1. The molecular formula is C10H14N2O4S. The highest BCUT2D eigenvalue weighted by Gasteiger charge is 2.27. The smallest absolute Gasteiger partial charge is 0.158 e. The number of nitrogens with zero attached hydrogens (tertiary/aromatic N) is 1. The average Bonchev–Trinajstić information content (AvgIpc) is 2.25. The molecule has 1 rings (SSSR count). The second kappa shape index (κ2) is 5.15. The molecule has 0 radical (unpaired) electrons. The van der Waals surface area contributed by atoms with Crippen LogP contribution in [0.25, 0.3) is 0 Å². The van der Waals surface area contributed by atoms with Crippen molar-refractivity contribution < 1.29 is 18.7 Å². The third-order valence-corrected chi connectivity index (χ3v) is 3.71. The van der Waals surface area contributed by atoms with E-state index >= 15 is 0 Å². The summed E-state index contributed by atoms with van der Waals surface area (Å²) in [6.45, 7) is -0.650. The molecule has 4 N–H and O–H groups in total. The van der Waals surface area contributed by atoms with Crippen molar-refractivity contribution in [2.45, 2.75) is 5.25 Å². The first kappa shape index (κ1) is 13.5. The number of hydrogen-bond donors (Lipinski definition) is 3. The van der Waals surface area contributed by atoms with E-state index in [1.165, 1.54) is 12.1 Å². The van der Waals surface area contributed by atoms with Crippen LogP contribution >= 0.6 is 0 Å². The zero-order chi connectivity index (χ0) is 13.1. The van der Waals surface area contributed by atoms with Gasteiger partial charge in [0, 0.05) is 17.5 Å². The number of aliphatic hydroxyl groups excluding tert-OH is 1. The van der Waals surface area contributed by atoms with Crippen LogP contribution < -0.4 is 5.73 Å². The number of benzene rings is 1. The van der Waals surface area contributed by atoms with Crippen molar-refractivity contribution in [3.05, 3.63) is 29.8 Å². The van der Waals surface area contributed by atoms with Crippen molar-refractivity contribution in [3.8, 4) is 0 Å². The summed E-state index contributed by atoms with van der Waals surface area (Å²) in [5.41, 5.74) is 6.29. The summed E-state index contributed by atoms with van der Waals surface area (Å²) in [6, 6.07) is 6.16. The molecule has 0 saturated carbocycles. The van der Waals surface area contributed by atoms with Crippen LogP contribution in [0, 0.1) is 0 Å². The molecule has 0 heterocycles. The molecule has 0 aromatic heterocycles. The molecule has 0 spiro atoms. The molecule has 0 saturated heterocycles. The molecule has 0 amide bonds. The number of aliphatic hydroxyl groups is 1. The normalized spacial score (nSPS) is 14.6. The maximum absolute atomic E-state index is 11.4. The van der Waals surface area contributed by atoms with Gasteiger partial charge in [0.25, 0.3) is 0 Å². The average molecular weight is 258 g/mol. The first-order chi connectivity index (χ1) is 7.90. The van der Waals surface area contributed by atoms with Crippen molar-refractivity contribution >= 4 is 21.2 Å². The van der Waals surface area contributed by atoms with Gasteiger partial charge in [0.15, 0.2) is 9.84 Å². The van der Waals surface area contributed by atoms with E-state index in [0.717, 1.165) is 6.26 Å². The molecule has 0 aliphatic heterocycles. The van der Waals surface area contributed by atoms with Gasteiger partial charge in [-0.2, -0.15) is 0 Å². The van der Waals surface area contributed by atoms with Gasteiger partial charge in [-0.3, -0.25) is 0 Å². The Balaban J connectivity index is 3.20. The molecular weight excluding hydrogens is 244 g/mol. The Kier molecular flexibility index (Phi) is 4.08. The second-order valence-corrected chi connectivity index (χ2v) is 5.84. The Morgan fingerprint density at radius 1 is 1.41 bits per heavy atom. The molecule has 0 unspecified atom stereocenters. The highest BCUT2D eigenvalue weighted by molar-refractivity contribution is 7.92. The van der Waals surface area contributed by atoms with Crippen LogP contribution in [-0.4, -0.2) is 42.6 Å². The minimum Gasteiger partial charge on any atom is -0.411 e. The number of nitrogens with two attached hydrogens (primary N) is 1. The lowest BCUT2D eigenvalue weighted by Gasteiger charge is -2.14. The fourth-order valence-corrected chi connectivity index (χ4v) is 2.25. The van der Waals surface area contributed by atoms with E-state index in [1.807, 2.05) is 0 Å². The van der Waals surface area contributed by atoms with E-state index in [2.05, 4.69) is 5.16 Å². The lowest BCUT2D eigenvalue weighted by Crippen LogP contribution is -2.33. The van der Waals surface area contributed by atoms with Gasteiger partial charge in [-0.1, -0.05) is 17.3 Å². The zero-order valence-corrected chi connectivity index (χ0v) is 10.1. The zero-order valence-electron chi connectivity index (χ0n) is 9.24. The van der Waals surface area contributed by atoms with Gasteiger partial charge < -0.3 is 16.0 Å². The number of rotatable bonds is 4. The van der Waals surface area contributed by atoms with E-state index in [-0.39, 0.29) is 5.71 Å². The number of sulfone groups is 1. The van der Waals surface area contributed by atoms with Gasteiger partial charge in [-0.15, -0.1) is 0 Å². The fraction of sp³-hybridized carbons (Fsp3) is 0.300. The molecule has 1 aromatic carbocycles. The Labute approximate surface area is 99.3 Å². The van der Waals surface area contributed by atoms with Crippen molar-refractivity contribution in [2.24, 2.45) is 5.16 Å². The quantitative estimate of drug-likeness (QED) is 0.301. The van der Waals surface area contributed by atoms with Crippen LogP contribution in [0.4, 0.5) is 5.69 Å². The minimum atomic E-state index is -3.56. The van der Waals surface area contributed by atoms with Gasteiger partial charge in [0.1, 0.15) is 11.0 Å². The summed E-state index contributed by atoms with van der Waals surface area (Å²) in [4.78, 5) is 0. The first-order valence-corrected chi connectivity index (χ1v) is 6.73. The van der Waals surface area contributed by atoms with Crippen LogP contribution in [0.2, 0.25) is 0 Å². The third-order valence-electron chi connectivity index (χ3n) is 2.30. The lowest BCUT2D eigenvalue weighted by atomic mass is 10.1. The Hall–Kier alpha value is -1.60. The van der Waals surface area contributed by atoms with Crippen LogP contribution in [-0.2, 0) is 9.84 Å². The molecule has 94 valence electrons. The number of hydrogen-bond acceptors (Lipinski definition) is 6. The van der Waals surface area contributed by atoms with Crippen LogP contribution in [0.3, 0.4) is 0 Å². The van der Waals surface area contributed by atoms with Crippen LogP contribution in [0.5, 0.6) is 0 Å². The summed E-state index contributed by atoms with van der Waals surface area (Å²) in [5, 5.41) is 19.7. The maximum Gasteiger partial charge on any atom is 0.158 e. The summed E-state index contributed by atoms with van der Waals surface area (Å²) < 4.78 is 22.9. The predicted octanol–water partition coefficient (Wildman–Crippen LogP) is -0.147. The topological polar surface area (TPSA) is 113 Å². The molecule has 6 nitrogen and oxygen atoms in total. The van der Waals surface area contributed by atoms with Gasteiger partial charge in [-0.25, -0.2) is 8.42 Å². The fourth-order valence-electron chi connectivity index (χ4n) is 1.39. The lowest BCUT2D eigenvalue weighted by molar-refractivity contribution is 0.296. The second-order valence-electron chi connectivity index (χ2n) is 3.61. The molecule has 0 fully saturated rings. The van der Waals surface area contributed by atoms with Gasteiger partial charge in [0.05, 0.1) is 6.61 Å². The number of nitrogen functional groups attached to an aromatic ring is 1. The first-order valence-electron chi connectivity index (χ1n) is 4.77. The minimum absolute atomic E-state index is 0.102. The van der Waals surface area contributed by atoms with Crippen molar-refractivity contribution in [1.82, 2.24) is 0 Å². The predicted molar refractivity (Wildman–Crippen MR) is 64.9 cm³/mol. The van der Waals surface area contributed by atoms with Crippen molar-refractivity contribution in [2.75, 3.05) is 18.6 Å². The highest BCUT2D eigenvalue weighted by Crippen LogP contribution is 2.13. The molecule has 0 bridgehead atoms. The van der Waals surface area contributed by atoms with Crippen molar-refractivity contribution in [1.29, 1.82) is 0 Å². The van der Waals surface area contributed by atoms with Gasteiger partial charge in [-0.05, 0) is 12.1 Å². The summed E-state index contributed by atoms with van der Waals surface area (Å²) >= 11 is 0. The molecule has 1 atom stereocenters. The molecule has 1 aromatic rings. The Morgan fingerprint density at radius 2 is 1.94 bits per heavy atom. The monoisotopic (exact) mass is 258 g/mol. The molecule has 7 heteroatoms. The van der Waals surface area contributed by atoms with Gasteiger partial charge in [0.2, 0.25) is 0 Å².